The molecule has 5 heteroatoms. The van der Waals surface area contributed by atoms with Gasteiger partial charge in [-0.05, 0) is 37.7 Å². The van der Waals surface area contributed by atoms with E-state index < -0.39 is 0 Å². The summed E-state index contributed by atoms with van der Waals surface area (Å²) >= 11 is 0. The van der Waals surface area contributed by atoms with Gasteiger partial charge in [-0.2, -0.15) is 0 Å². The number of hydrogen-bond donors (Lipinski definition) is 1. The minimum atomic E-state index is -0.379. The van der Waals surface area contributed by atoms with E-state index in [-0.39, 0.29) is 17.5 Å². The second-order valence-corrected chi connectivity index (χ2v) is 5.17. The predicted octanol–water partition coefficient (Wildman–Crippen LogP) is 1.58. The maximum Gasteiger partial charge on any atom is 0.415 e. The van der Waals surface area contributed by atoms with Crippen molar-refractivity contribution in [3.63, 3.8) is 0 Å². The van der Waals surface area contributed by atoms with Gasteiger partial charge in [0.15, 0.2) is 5.78 Å². The fourth-order valence-corrected chi connectivity index (χ4v) is 2.64. The Morgan fingerprint density at radius 2 is 2.11 bits per heavy atom. The smallest absolute Gasteiger partial charge is 0.415 e. The molecule has 1 N–H and O–H groups in total. The quantitative estimate of drug-likeness (QED) is 0.820. The Morgan fingerprint density at radius 1 is 1.37 bits per heavy atom. The van der Waals surface area contributed by atoms with E-state index in [1.54, 1.807) is 29.2 Å². The van der Waals surface area contributed by atoms with Crippen molar-refractivity contribution in [1.29, 1.82) is 0 Å². The van der Waals surface area contributed by atoms with Gasteiger partial charge in [0.05, 0.1) is 6.54 Å². The van der Waals surface area contributed by atoms with E-state index in [1.165, 1.54) is 6.92 Å². The molecule has 1 unspecified atom stereocenters. The van der Waals surface area contributed by atoms with Crippen LogP contribution in [-0.4, -0.2) is 37.1 Å². The zero-order valence-corrected chi connectivity index (χ0v) is 10.8. The highest BCUT2D eigenvalue weighted by Crippen LogP contribution is 2.32. The monoisotopic (exact) mass is 260 g/mol. The van der Waals surface area contributed by atoms with Crippen molar-refractivity contribution >= 4 is 17.6 Å². The van der Waals surface area contributed by atoms with Crippen LogP contribution in [-0.2, 0) is 4.74 Å². The third-order valence-electron chi connectivity index (χ3n) is 3.76. The highest BCUT2D eigenvalue weighted by Gasteiger charge is 2.47. The Labute approximate surface area is 111 Å². The summed E-state index contributed by atoms with van der Waals surface area (Å²) in [5.74, 6) is 0.0204. The number of carbonyl (C=O) groups is 2. The summed E-state index contributed by atoms with van der Waals surface area (Å²) in [6.07, 6.45) is 0.542. The van der Waals surface area contributed by atoms with Crippen LogP contribution in [0.25, 0.3) is 0 Å². The number of amides is 1. The molecule has 1 atom stereocenters. The van der Waals surface area contributed by atoms with Crippen molar-refractivity contribution in [2.45, 2.75) is 18.9 Å². The highest BCUT2D eigenvalue weighted by atomic mass is 16.6. The van der Waals surface area contributed by atoms with Crippen molar-refractivity contribution in [3.8, 4) is 0 Å². The lowest BCUT2D eigenvalue weighted by molar-refractivity contribution is 0.0732. The van der Waals surface area contributed by atoms with Gasteiger partial charge < -0.3 is 10.1 Å². The molecule has 1 amide bonds. The van der Waals surface area contributed by atoms with E-state index in [4.69, 9.17) is 4.74 Å². The van der Waals surface area contributed by atoms with Crippen LogP contribution in [0.15, 0.2) is 24.3 Å². The number of rotatable bonds is 2. The SMILES string of the molecule is CC(=O)c1ccc(N2CC3(CCNC3)OC2=O)cc1. The Balaban J connectivity index is 1.82. The summed E-state index contributed by atoms with van der Waals surface area (Å²) in [6, 6.07) is 7.06. The van der Waals surface area contributed by atoms with E-state index >= 15 is 0 Å². The zero-order chi connectivity index (χ0) is 13.5. The number of ether oxygens (including phenoxy) is 1. The molecule has 0 radical (unpaired) electrons. The largest absolute Gasteiger partial charge is 0.439 e. The van der Waals surface area contributed by atoms with Gasteiger partial charge in [-0.25, -0.2) is 4.79 Å². The molecule has 19 heavy (non-hydrogen) atoms. The van der Waals surface area contributed by atoms with Gasteiger partial charge in [-0.1, -0.05) is 0 Å². The van der Waals surface area contributed by atoms with Crippen LogP contribution in [0.1, 0.15) is 23.7 Å². The number of anilines is 1. The lowest BCUT2D eigenvalue weighted by Gasteiger charge is -2.19. The van der Waals surface area contributed by atoms with E-state index in [0.717, 1.165) is 18.7 Å². The van der Waals surface area contributed by atoms with Gasteiger partial charge in [-0.15, -0.1) is 0 Å². The summed E-state index contributed by atoms with van der Waals surface area (Å²) in [7, 11) is 0. The number of benzene rings is 1. The summed E-state index contributed by atoms with van der Waals surface area (Å²) in [5, 5.41) is 3.22. The van der Waals surface area contributed by atoms with E-state index in [1.807, 2.05) is 0 Å². The van der Waals surface area contributed by atoms with E-state index in [2.05, 4.69) is 5.32 Å². The molecule has 2 aliphatic heterocycles. The summed E-state index contributed by atoms with van der Waals surface area (Å²) in [5.41, 5.74) is 1.04. The van der Waals surface area contributed by atoms with Crippen LogP contribution in [0.2, 0.25) is 0 Å². The van der Waals surface area contributed by atoms with Crippen molar-refractivity contribution in [2.75, 3.05) is 24.5 Å². The standard InChI is InChI=1S/C14H16N2O3/c1-10(17)11-2-4-12(5-3-11)16-9-14(19-13(16)18)6-7-15-8-14/h2-5,15H,6-9H2,1H3. The molecule has 3 rings (SSSR count). The average molecular weight is 260 g/mol. The lowest BCUT2D eigenvalue weighted by atomic mass is 10.0. The minimum Gasteiger partial charge on any atom is -0.439 e. The Kier molecular flexibility index (Phi) is 2.78. The number of Topliss-reactive ketones (excluding diaryl/α,β-unsaturated/α-hetero) is 1. The van der Waals surface area contributed by atoms with Gasteiger partial charge in [0.1, 0.15) is 5.60 Å². The molecule has 2 saturated heterocycles. The predicted molar refractivity (Wildman–Crippen MR) is 70.5 cm³/mol. The first kappa shape index (κ1) is 12.2. The molecule has 2 aliphatic rings. The van der Waals surface area contributed by atoms with Crippen molar-refractivity contribution in [2.24, 2.45) is 0 Å². The maximum absolute atomic E-state index is 12.0. The van der Waals surface area contributed by atoms with Gasteiger partial charge in [0, 0.05) is 24.2 Å². The third kappa shape index (κ3) is 2.10. The lowest BCUT2D eigenvalue weighted by Crippen LogP contribution is -2.36. The first-order valence-electron chi connectivity index (χ1n) is 6.42. The van der Waals surface area contributed by atoms with Gasteiger partial charge in [-0.3, -0.25) is 9.69 Å². The molecule has 2 fully saturated rings. The van der Waals surface area contributed by atoms with E-state index in [9.17, 15) is 9.59 Å². The number of nitrogens with zero attached hydrogens (tertiary/aromatic N) is 1. The van der Waals surface area contributed by atoms with E-state index in [0.29, 0.717) is 18.7 Å². The van der Waals surface area contributed by atoms with Crippen molar-refractivity contribution < 1.29 is 14.3 Å². The molecule has 1 aromatic rings. The fourth-order valence-electron chi connectivity index (χ4n) is 2.64. The first-order valence-corrected chi connectivity index (χ1v) is 6.42. The molecule has 0 bridgehead atoms. The second kappa shape index (κ2) is 4.35. The highest BCUT2D eigenvalue weighted by molar-refractivity contribution is 5.95. The van der Waals surface area contributed by atoms with Crippen molar-refractivity contribution in [1.82, 2.24) is 5.32 Å². The number of ketones is 1. The molecule has 100 valence electrons. The second-order valence-electron chi connectivity index (χ2n) is 5.17. The maximum atomic E-state index is 12.0. The molecule has 0 aromatic heterocycles. The van der Waals surface area contributed by atoms with Crippen LogP contribution in [0.4, 0.5) is 10.5 Å². The number of carbonyl (C=O) groups excluding carboxylic acids is 2. The summed E-state index contributed by atoms with van der Waals surface area (Å²) in [6.45, 7) is 3.68. The minimum absolute atomic E-state index is 0.0204. The van der Waals surface area contributed by atoms with Crippen molar-refractivity contribution in [3.05, 3.63) is 29.8 Å². The summed E-state index contributed by atoms with van der Waals surface area (Å²) in [4.78, 5) is 24.8. The topological polar surface area (TPSA) is 58.6 Å². The molecule has 5 nitrogen and oxygen atoms in total. The van der Waals surface area contributed by atoms with Gasteiger partial charge >= 0.3 is 6.09 Å². The Hall–Kier alpha value is -1.88. The van der Waals surface area contributed by atoms with Crippen LogP contribution >= 0.6 is 0 Å². The number of nitrogens with one attached hydrogen (secondary N) is 1. The molecule has 0 saturated carbocycles. The molecule has 2 heterocycles. The molecular weight excluding hydrogens is 244 g/mol. The number of hydrogen-bond acceptors (Lipinski definition) is 4. The van der Waals surface area contributed by atoms with Crippen LogP contribution in [0, 0.1) is 0 Å². The molecule has 0 aliphatic carbocycles. The van der Waals surface area contributed by atoms with Crippen LogP contribution in [0.3, 0.4) is 0 Å². The summed E-state index contributed by atoms with van der Waals surface area (Å²) < 4.78 is 5.51. The average Bonchev–Trinajstić information content (AvgIpc) is 2.97. The fraction of sp³-hybridized carbons (Fsp3) is 0.429. The Morgan fingerprint density at radius 3 is 2.68 bits per heavy atom. The normalized spacial score (nSPS) is 25.9. The van der Waals surface area contributed by atoms with Crippen LogP contribution in [0.5, 0.6) is 0 Å². The first-order chi connectivity index (χ1) is 9.10. The van der Waals surface area contributed by atoms with Gasteiger partial charge in [0.2, 0.25) is 0 Å². The third-order valence-corrected chi connectivity index (χ3v) is 3.76. The molecule has 1 aromatic carbocycles. The Bertz CT molecular complexity index is 518. The molecular formula is C14H16N2O3. The van der Waals surface area contributed by atoms with Crippen LogP contribution < -0.4 is 10.2 Å². The zero-order valence-electron chi connectivity index (χ0n) is 10.8. The molecule has 1 spiro atoms. The van der Waals surface area contributed by atoms with Gasteiger partial charge in [0.25, 0.3) is 0 Å².